The molecule has 1 aromatic rings. The average molecular weight is 328 g/mol. The first-order valence-electron chi connectivity index (χ1n) is 7.98. The molecule has 0 aliphatic carbocycles. The van der Waals surface area contributed by atoms with Crippen molar-refractivity contribution in [2.24, 2.45) is 0 Å². The fourth-order valence-electron chi connectivity index (χ4n) is 1.62. The highest BCUT2D eigenvalue weighted by Crippen LogP contribution is 2.21. The van der Waals surface area contributed by atoms with Crippen LogP contribution in [0.2, 0.25) is 0 Å². The number of rotatable bonds is 3. The lowest BCUT2D eigenvalue weighted by atomic mass is 10.2. The summed E-state index contributed by atoms with van der Waals surface area (Å²) < 4.78 is 10.4. The van der Waals surface area contributed by atoms with E-state index in [4.69, 9.17) is 24.8 Å². The van der Waals surface area contributed by atoms with Crippen LogP contribution in [0.25, 0.3) is 0 Å². The number of aliphatic hydroxyl groups is 3. The van der Waals surface area contributed by atoms with Crippen molar-refractivity contribution in [2.75, 3.05) is 19.8 Å². The molecule has 0 bridgehead atoms. The number of aryl methyl sites for hydroxylation is 2. The maximum Gasteiger partial charge on any atom is 0.163 e. The average Bonchev–Trinajstić information content (AvgIpc) is 2.90. The molecule has 0 aromatic heterocycles. The Hall–Kier alpha value is -0.980. The van der Waals surface area contributed by atoms with Crippen LogP contribution < -0.4 is 0 Å². The lowest BCUT2D eigenvalue weighted by Crippen LogP contribution is -2.22. The topological polar surface area (TPSA) is 79.2 Å². The maximum absolute atomic E-state index is 8.59. The van der Waals surface area contributed by atoms with E-state index in [2.05, 4.69) is 38.1 Å². The van der Waals surface area contributed by atoms with Gasteiger partial charge in [-0.25, -0.2) is 0 Å². The molecule has 1 saturated heterocycles. The molecule has 134 valence electrons. The van der Waals surface area contributed by atoms with Crippen molar-refractivity contribution in [1.82, 2.24) is 0 Å². The number of hydrogen-bond acceptors (Lipinski definition) is 5. The molecule has 5 heteroatoms. The van der Waals surface area contributed by atoms with Crippen molar-refractivity contribution in [3.63, 3.8) is 0 Å². The molecule has 0 radical (unpaired) electrons. The van der Waals surface area contributed by atoms with Crippen molar-refractivity contribution in [3.05, 3.63) is 35.4 Å². The zero-order chi connectivity index (χ0) is 17.9. The molecule has 3 N–H and O–H groups in total. The van der Waals surface area contributed by atoms with Crippen LogP contribution in [0, 0.1) is 13.8 Å². The lowest BCUT2D eigenvalue weighted by molar-refractivity contribution is -0.142. The van der Waals surface area contributed by atoms with Crippen molar-refractivity contribution < 1.29 is 24.8 Å². The summed E-state index contributed by atoms with van der Waals surface area (Å²) in [6.07, 6.45) is 0.00116. The number of aliphatic hydroxyl groups excluding tert-OH is 3. The molecule has 0 saturated carbocycles. The van der Waals surface area contributed by atoms with Gasteiger partial charge in [-0.1, -0.05) is 42.3 Å². The minimum Gasteiger partial charge on any atom is -0.394 e. The molecule has 1 aliphatic rings. The Morgan fingerprint density at radius 1 is 1.13 bits per heavy atom. The van der Waals surface area contributed by atoms with E-state index in [1.807, 2.05) is 20.8 Å². The van der Waals surface area contributed by atoms with Crippen LogP contribution >= 0.6 is 0 Å². The molecule has 1 aromatic carbocycles. The summed E-state index contributed by atoms with van der Waals surface area (Å²) in [6, 6.07) is 8.48. The fourth-order valence-corrected chi connectivity index (χ4v) is 1.62. The van der Waals surface area contributed by atoms with E-state index in [1.165, 1.54) is 11.1 Å². The molecule has 1 fully saturated rings. The second kappa shape index (κ2) is 11.5. The van der Waals surface area contributed by atoms with E-state index < -0.39 is 11.9 Å². The summed E-state index contributed by atoms with van der Waals surface area (Å²) in [7, 11) is 0. The van der Waals surface area contributed by atoms with E-state index in [9.17, 15) is 0 Å². The minimum absolute atomic E-state index is 0.0451. The van der Waals surface area contributed by atoms with Gasteiger partial charge in [0.15, 0.2) is 5.79 Å². The second-order valence-corrected chi connectivity index (χ2v) is 6.03. The summed E-state index contributed by atoms with van der Waals surface area (Å²) in [6.45, 7) is 10.1. The van der Waals surface area contributed by atoms with Crippen LogP contribution in [-0.2, 0) is 9.47 Å². The highest BCUT2D eigenvalue weighted by Gasteiger charge is 2.31. The summed E-state index contributed by atoms with van der Waals surface area (Å²) in [5.41, 5.74) is 2.66. The molecule has 0 unspecified atom stereocenters. The largest absolute Gasteiger partial charge is 0.394 e. The van der Waals surface area contributed by atoms with Gasteiger partial charge in [0.1, 0.15) is 6.10 Å². The summed E-state index contributed by atoms with van der Waals surface area (Å²) in [5.74, 6) is -0.493. The monoisotopic (exact) mass is 328 g/mol. The van der Waals surface area contributed by atoms with Gasteiger partial charge in [-0.05, 0) is 34.1 Å². The summed E-state index contributed by atoms with van der Waals surface area (Å²) in [4.78, 5) is 0. The van der Waals surface area contributed by atoms with Gasteiger partial charge in [0.05, 0.1) is 25.9 Å². The Bertz CT molecular complexity index is 377. The molecule has 1 heterocycles. The SMILES string of the molecule is CC1(C)OC[C@H](CO)O1.CC[C@H](O)CO.Cc1ccc(C)cc1. The second-order valence-electron chi connectivity index (χ2n) is 6.03. The minimum atomic E-state index is -0.509. The third-order valence-electron chi connectivity index (χ3n) is 3.17. The summed E-state index contributed by atoms with van der Waals surface area (Å²) in [5, 5.41) is 25.1. The van der Waals surface area contributed by atoms with Gasteiger partial charge in [0.2, 0.25) is 0 Å². The molecule has 5 nitrogen and oxygen atoms in total. The van der Waals surface area contributed by atoms with E-state index in [0.717, 1.165) is 0 Å². The Morgan fingerprint density at radius 3 is 1.78 bits per heavy atom. The highest BCUT2D eigenvalue weighted by molar-refractivity contribution is 5.19. The molecule has 2 rings (SSSR count). The van der Waals surface area contributed by atoms with E-state index >= 15 is 0 Å². The van der Waals surface area contributed by atoms with Crippen LogP contribution in [0.1, 0.15) is 38.3 Å². The van der Waals surface area contributed by atoms with Gasteiger partial charge in [-0.15, -0.1) is 0 Å². The van der Waals surface area contributed by atoms with Gasteiger partial charge in [-0.2, -0.15) is 0 Å². The third kappa shape index (κ3) is 11.2. The van der Waals surface area contributed by atoms with Crippen LogP contribution in [0.5, 0.6) is 0 Å². The predicted octanol–water partition coefficient (Wildman–Crippen LogP) is 2.18. The standard InChI is InChI=1S/C8H10.C6H12O3.C4H10O2/c1-7-3-5-8(2)6-4-7;1-6(2)8-4-5(3-7)9-6;1-2-4(6)3-5/h3-6H,1-2H3;5,7H,3-4H2,1-2H3;4-6H,2-3H2,1H3/t;5-;4-/m.00/s1. The van der Waals surface area contributed by atoms with Crippen LogP contribution in [0.15, 0.2) is 24.3 Å². The van der Waals surface area contributed by atoms with Gasteiger partial charge in [0, 0.05) is 0 Å². The molecule has 0 spiro atoms. The Morgan fingerprint density at radius 2 is 1.61 bits per heavy atom. The van der Waals surface area contributed by atoms with Gasteiger partial charge >= 0.3 is 0 Å². The van der Waals surface area contributed by atoms with Crippen LogP contribution in [0.4, 0.5) is 0 Å². The van der Waals surface area contributed by atoms with E-state index in [1.54, 1.807) is 0 Å². The molecule has 1 aliphatic heterocycles. The maximum atomic E-state index is 8.59. The molecule has 0 amide bonds. The zero-order valence-corrected chi connectivity index (χ0v) is 15.0. The third-order valence-corrected chi connectivity index (χ3v) is 3.17. The van der Waals surface area contributed by atoms with Crippen molar-refractivity contribution >= 4 is 0 Å². The quantitative estimate of drug-likeness (QED) is 0.792. The smallest absolute Gasteiger partial charge is 0.163 e. The van der Waals surface area contributed by atoms with Gasteiger partial charge in [-0.3, -0.25) is 0 Å². The number of benzene rings is 1. The Balaban J connectivity index is 0.000000323. The van der Waals surface area contributed by atoms with Gasteiger partial charge < -0.3 is 24.8 Å². The lowest BCUT2D eigenvalue weighted by Gasteiger charge is -2.15. The molecular formula is C18H32O5. The Kier molecular flexibility index (Phi) is 11.0. The first-order chi connectivity index (χ1) is 10.7. The van der Waals surface area contributed by atoms with Crippen molar-refractivity contribution in [2.45, 2.75) is 59.0 Å². The summed E-state index contributed by atoms with van der Waals surface area (Å²) >= 11 is 0. The number of hydrogen-bond donors (Lipinski definition) is 3. The van der Waals surface area contributed by atoms with Crippen LogP contribution in [-0.4, -0.2) is 53.1 Å². The first-order valence-corrected chi connectivity index (χ1v) is 7.98. The fraction of sp³-hybridized carbons (Fsp3) is 0.667. The van der Waals surface area contributed by atoms with E-state index in [-0.39, 0.29) is 19.3 Å². The van der Waals surface area contributed by atoms with Crippen molar-refractivity contribution in [1.29, 1.82) is 0 Å². The highest BCUT2D eigenvalue weighted by atomic mass is 16.7. The molecule has 23 heavy (non-hydrogen) atoms. The van der Waals surface area contributed by atoms with Crippen molar-refractivity contribution in [3.8, 4) is 0 Å². The van der Waals surface area contributed by atoms with Crippen LogP contribution in [0.3, 0.4) is 0 Å². The molecular weight excluding hydrogens is 296 g/mol. The predicted molar refractivity (Wildman–Crippen MR) is 91.3 cm³/mol. The normalized spacial score (nSPS) is 19.9. The zero-order valence-electron chi connectivity index (χ0n) is 15.0. The Labute approximate surface area is 139 Å². The van der Waals surface area contributed by atoms with E-state index in [0.29, 0.717) is 13.0 Å². The number of ether oxygens (including phenoxy) is 2. The van der Waals surface area contributed by atoms with Gasteiger partial charge in [0.25, 0.3) is 0 Å². The molecule has 2 atom stereocenters. The first kappa shape index (κ1) is 22.0.